The summed E-state index contributed by atoms with van der Waals surface area (Å²) < 4.78 is 0. The minimum atomic E-state index is -1.44. The Morgan fingerprint density at radius 3 is 2.37 bits per heavy atom. The van der Waals surface area contributed by atoms with Crippen LogP contribution < -0.4 is 37.6 Å². The third-order valence-electron chi connectivity index (χ3n) is 11.4. The molecule has 0 spiro atoms. The van der Waals surface area contributed by atoms with Crippen LogP contribution >= 0.6 is 0 Å². The van der Waals surface area contributed by atoms with E-state index in [1.54, 1.807) is 6.20 Å². The average molecular weight is 866 g/mol. The number of nitrogens with two attached hydrogens (primary N) is 1. The number of fused-ring (bicyclic) bond motifs is 2. The van der Waals surface area contributed by atoms with E-state index < -0.39 is 109 Å². The lowest BCUT2D eigenvalue weighted by Gasteiger charge is -2.24. The number of hydrogen-bond acceptors (Lipinski definition) is 11. The number of likely N-dealkylation sites (tertiary alicyclic amines) is 1. The van der Waals surface area contributed by atoms with Crippen LogP contribution in [0.3, 0.4) is 0 Å². The largest absolute Gasteiger partial charge is 0.387 e. The van der Waals surface area contributed by atoms with Gasteiger partial charge in [-0.2, -0.15) is 0 Å². The number of nitrogens with one attached hydrogen (secondary N) is 7. The van der Waals surface area contributed by atoms with Gasteiger partial charge in [0.2, 0.25) is 53.2 Å². The highest BCUT2D eigenvalue weighted by Crippen LogP contribution is 2.34. The van der Waals surface area contributed by atoms with Crippen molar-refractivity contribution in [2.45, 2.75) is 107 Å². The van der Waals surface area contributed by atoms with E-state index in [1.807, 2.05) is 43.3 Å². The first-order valence-corrected chi connectivity index (χ1v) is 21.1. The molecule has 3 saturated heterocycles. The average Bonchev–Trinajstić information content (AvgIpc) is 3.54. The summed E-state index contributed by atoms with van der Waals surface area (Å²) in [5.74, 6) is -6.67. The number of aliphatic hydroxyl groups excluding tert-OH is 1. The molecule has 338 valence electrons. The van der Waals surface area contributed by atoms with E-state index >= 15 is 0 Å². The Bertz CT molecular complexity index is 2010. The van der Waals surface area contributed by atoms with Crippen molar-refractivity contribution in [3.8, 4) is 0 Å². The second-order valence-corrected chi connectivity index (χ2v) is 16.3. The summed E-state index contributed by atoms with van der Waals surface area (Å²) in [7, 11) is 3.83. The van der Waals surface area contributed by atoms with Crippen LogP contribution in [-0.2, 0) is 49.6 Å². The highest BCUT2D eigenvalue weighted by atomic mass is 16.3. The van der Waals surface area contributed by atoms with Gasteiger partial charge in [0.25, 0.3) is 0 Å². The Balaban J connectivity index is 1.41. The van der Waals surface area contributed by atoms with Gasteiger partial charge in [0, 0.05) is 36.6 Å². The number of nitrogens with zero attached hydrogens (tertiary/aromatic N) is 3. The summed E-state index contributed by atoms with van der Waals surface area (Å²) in [4.78, 5) is 128. The molecule has 0 bridgehead atoms. The molecular formula is C41H59N11O10. The second kappa shape index (κ2) is 21.6. The van der Waals surface area contributed by atoms with Crippen molar-refractivity contribution < 1.29 is 48.3 Å². The zero-order chi connectivity index (χ0) is 45.1. The highest BCUT2D eigenvalue weighted by Gasteiger charge is 2.62. The first-order chi connectivity index (χ1) is 29.6. The molecule has 21 heteroatoms. The molecule has 3 aliphatic rings. The Labute approximate surface area is 359 Å². The van der Waals surface area contributed by atoms with Crippen LogP contribution in [0.5, 0.6) is 0 Å². The summed E-state index contributed by atoms with van der Waals surface area (Å²) >= 11 is 0. The van der Waals surface area contributed by atoms with Crippen LogP contribution in [0.25, 0.3) is 10.9 Å². The van der Waals surface area contributed by atoms with Gasteiger partial charge in [-0.3, -0.25) is 43.2 Å². The maximum absolute atomic E-state index is 14.1. The molecule has 3 aliphatic heterocycles. The van der Waals surface area contributed by atoms with Crippen LogP contribution in [0, 0.1) is 0 Å². The minimum Gasteiger partial charge on any atom is -0.387 e. The third-order valence-corrected chi connectivity index (χ3v) is 11.4. The molecule has 10 N–H and O–H groups in total. The minimum absolute atomic E-state index is 0.0245. The predicted octanol–water partition coefficient (Wildman–Crippen LogP) is -3.13. The fourth-order valence-electron chi connectivity index (χ4n) is 7.99. The number of amides is 9. The van der Waals surface area contributed by atoms with Crippen molar-refractivity contribution in [3.63, 3.8) is 0 Å². The van der Waals surface area contributed by atoms with Crippen LogP contribution in [0.1, 0.15) is 63.9 Å². The number of unbranched alkanes of at least 4 members (excludes halogenated alkanes) is 1. The summed E-state index contributed by atoms with van der Waals surface area (Å²) in [5, 5.41) is 26.1. The number of aromatic amines is 1. The van der Waals surface area contributed by atoms with Gasteiger partial charge >= 0.3 is 0 Å². The van der Waals surface area contributed by atoms with Crippen LogP contribution in [-0.4, -0.2) is 167 Å². The van der Waals surface area contributed by atoms with E-state index in [0.717, 1.165) is 27.9 Å². The summed E-state index contributed by atoms with van der Waals surface area (Å²) in [6.07, 6.45) is 4.60. The van der Waals surface area contributed by atoms with Gasteiger partial charge in [0.1, 0.15) is 48.9 Å². The van der Waals surface area contributed by atoms with Crippen molar-refractivity contribution in [1.29, 1.82) is 0 Å². The maximum Gasteiger partial charge on any atom is 0.248 e. The lowest BCUT2D eigenvalue weighted by atomic mass is 10.0. The Morgan fingerprint density at radius 2 is 1.65 bits per heavy atom. The number of carbonyl (C=O) groups excluding carboxylic acids is 9. The lowest BCUT2D eigenvalue weighted by Crippen LogP contribution is -2.56. The van der Waals surface area contributed by atoms with E-state index in [0.29, 0.717) is 25.7 Å². The van der Waals surface area contributed by atoms with Crippen molar-refractivity contribution in [3.05, 3.63) is 36.0 Å². The maximum atomic E-state index is 14.1. The SMILES string of the molecule is C[C@@H]1NC(=O)C2[C@@H](C(=O)N3CCC[C@H]3C(N)=O)N2C(=O)[C@@H](NC(=O)CO)CCCCNC(=O)[C@H](Cc2c[nH]c3ccccc23)NC(=O)[C@H](CCCCN(C)C)NC(=O)CNC1=O. The molecule has 0 saturated carbocycles. The smallest absolute Gasteiger partial charge is 0.248 e. The fourth-order valence-corrected chi connectivity index (χ4v) is 7.99. The molecule has 62 heavy (non-hydrogen) atoms. The molecule has 21 nitrogen and oxygen atoms in total. The Hall–Kier alpha value is -6.09. The van der Waals surface area contributed by atoms with Crippen molar-refractivity contribution >= 4 is 64.1 Å². The van der Waals surface area contributed by atoms with Gasteiger partial charge in [-0.1, -0.05) is 18.2 Å². The molecule has 0 radical (unpaired) electrons. The third kappa shape index (κ3) is 12.1. The monoisotopic (exact) mass is 865 g/mol. The van der Waals surface area contributed by atoms with E-state index in [-0.39, 0.29) is 45.2 Å². The Kier molecular flexibility index (Phi) is 16.4. The molecule has 5 rings (SSSR count). The van der Waals surface area contributed by atoms with Gasteiger partial charge < -0.3 is 62.4 Å². The number of aliphatic hydroxyl groups is 1. The van der Waals surface area contributed by atoms with Gasteiger partial charge in [-0.15, -0.1) is 0 Å². The number of rotatable bonds is 11. The van der Waals surface area contributed by atoms with E-state index in [9.17, 15) is 48.3 Å². The lowest BCUT2D eigenvalue weighted by molar-refractivity contribution is -0.140. The number of primary amides is 1. The molecule has 1 aromatic heterocycles. The topological polar surface area (TPSA) is 297 Å². The van der Waals surface area contributed by atoms with Crippen molar-refractivity contribution in [1.82, 2.24) is 51.6 Å². The van der Waals surface area contributed by atoms with Crippen LogP contribution in [0.2, 0.25) is 0 Å². The van der Waals surface area contributed by atoms with E-state index in [2.05, 4.69) is 36.9 Å². The number of aromatic nitrogens is 1. The quantitative estimate of drug-likeness (QED) is 0.0804. The molecule has 7 atom stereocenters. The number of para-hydroxylation sites is 1. The fraction of sp³-hybridized carbons (Fsp3) is 0.585. The summed E-state index contributed by atoms with van der Waals surface area (Å²) in [6, 6.07) is -1.04. The van der Waals surface area contributed by atoms with Gasteiger partial charge in [0.15, 0.2) is 0 Å². The number of carbonyl (C=O) groups is 9. The highest BCUT2D eigenvalue weighted by molar-refractivity contribution is 6.07. The first kappa shape index (κ1) is 47.0. The molecule has 1 unspecified atom stereocenters. The summed E-state index contributed by atoms with van der Waals surface area (Å²) in [5.41, 5.74) is 7.15. The van der Waals surface area contributed by atoms with Crippen molar-refractivity contribution in [2.75, 3.05) is 46.9 Å². The van der Waals surface area contributed by atoms with Gasteiger partial charge in [-0.05, 0) is 90.6 Å². The van der Waals surface area contributed by atoms with Crippen molar-refractivity contribution in [2.24, 2.45) is 5.73 Å². The number of benzene rings is 1. The van der Waals surface area contributed by atoms with E-state index in [4.69, 9.17) is 5.73 Å². The Morgan fingerprint density at radius 1 is 0.887 bits per heavy atom. The van der Waals surface area contributed by atoms with E-state index in [1.165, 1.54) is 11.8 Å². The summed E-state index contributed by atoms with van der Waals surface area (Å²) in [6.45, 7) is 0.779. The molecule has 9 amide bonds. The first-order valence-electron chi connectivity index (χ1n) is 21.1. The number of hydrogen-bond donors (Lipinski definition) is 9. The molecule has 4 heterocycles. The molecule has 1 aromatic carbocycles. The molecular weight excluding hydrogens is 807 g/mol. The van der Waals surface area contributed by atoms with Gasteiger partial charge in [-0.25, -0.2) is 0 Å². The second-order valence-electron chi connectivity index (χ2n) is 16.3. The van der Waals surface area contributed by atoms with Crippen LogP contribution in [0.15, 0.2) is 30.5 Å². The number of H-pyrrole nitrogens is 1. The molecule has 0 aliphatic carbocycles. The van der Waals surface area contributed by atoms with Crippen LogP contribution in [0.4, 0.5) is 0 Å². The van der Waals surface area contributed by atoms with Gasteiger partial charge in [0.05, 0.1) is 6.54 Å². The zero-order valence-corrected chi connectivity index (χ0v) is 35.4. The normalized spacial score (nSPS) is 26.0. The molecule has 3 fully saturated rings. The zero-order valence-electron chi connectivity index (χ0n) is 35.4. The predicted molar refractivity (Wildman–Crippen MR) is 223 cm³/mol. The standard InChI is InChI=1S/C41H59N11O10/c1-23-36(57)45-21-31(54)47-27(13-7-9-17-50(2)3)38(59)49-29(19-24-20-44-26-12-5-4-11-25(24)26)37(58)43-16-8-6-14-28(48-32(55)22-53)40(61)52-33(39(60)46-23)34(52)41(62)51-18-10-15-30(51)35(42)56/h4-5,11-12,20,23,27-30,33-34,44,53H,6-10,13-19,21-22H2,1-3H3,(H2,42,56)(H,43,58)(H,45,57)(H,46,60)(H,47,54)(H,48,55)(H,49,59)/t23-,27-,28-,29-,30-,33?,34-,52?/m0/s1. The molecule has 2 aromatic rings.